The number of amides is 2. The maximum Gasteiger partial charge on any atom is 0.496 e. The average Bonchev–Trinajstić information content (AvgIpc) is 3.52. The number of carbonyl (C=O) groups is 2. The number of carbonyl (C=O) groups excluding carboxylic acids is 2. The van der Waals surface area contributed by atoms with Crippen LogP contribution >= 0.6 is 23.2 Å². The van der Waals surface area contributed by atoms with E-state index in [4.69, 9.17) is 47.0 Å². The Hall–Kier alpha value is -3.31. The van der Waals surface area contributed by atoms with Crippen LogP contribution in [0.4, 0.5) is 4.79 Å². The van der Waals surface area contributed by atoms with Crippen LogP contribution in [0.5, 0.6) is 5.88 Å². The summed E-state index contributed by atoms with van der Waals surface area (Å²) in [6.07, 6.45) is 0.218. The van der Waals surface area contributed by atoms with Crippen molar-refractivity contribution in [1.29, 1.82) is 0 Å². The Bertz CT molecular complexity index is 1590. The number of aromatic nitrogens is 1. The molecule has 0 bridgehead atoms. The van der Waals surface area contributed by atoms with Crippen LogP contribution in [0.15, 0.2) is 48.5 Å². The van der Waals surface area contributed by atoms with Crippen LogP contribution in [-0.4, -0.2) is 66.5 Å². The first-order valence-corrected chi connectivity index (χ1v) is 15.8. The molecule has 2 atom stereocenters. The molecule has 1 aromatic heterocycles. The number of halogens is 2. The second kappa shape index (κ2) is 13.6. The molecular weight excluding hydrogens is 616 g/mol. The summed E-state index contributed by atoms with van der Waals surface area (Å²) in [4.78, 5) is 31.1. The van der Waals surface area contributed by atoms with Gasteiger partial charge in [0.05, 0.1) is 42.2 Å². The number of nitrogens with zero attached hydrogens (tertiary/aromatic N) is 2. The van der Waals surface area contributed by atoms with E-state index in [0.717, 1.165) is 16.6 Å². The van der Waals surface area contributed by atoms with Crippen LogP contribution in [0.3, 0.4) is 0 Å². The number of benzene rings is 2. The molecule has 9 nitrogen and oxygen atoms in total. The lowest BCUT2D eigenvalue weighted by atomic mass is 9.77. The Labute approximate surface area is 274 Å². The van der Waals surface area contributed by atoms with Crippen molar-refractivity contribution in [2.24, 2.45) is 0 Å². The van der Waals surface area contributed by atoms with Gasteiger partial charge in [-0.2, -0.15) is 0 Å². The largest absolute Gasteiger partial charge is 0.496 e. The van der Waals surface area contributed by atoms with Crippen molar-refractivity contribution in [3.05, 3.63) is 64.1 Å². The molecule has 2 amide bonds. The number of hydrogen-bond acceptors (Lipinski definition) is 7. The summed E-state index contributed by atoms with van der Waals surface area (Å²) in [6.45, 7) is 10.0. The molecule has 2 aliphatic rings. The molecule has 12 heteroatoms. The zero-order valence-corrected chi connectivity index (χ0v) is 27.9. The first kappa shape index (κ1) is 33.1. The van der Waals surface area contributed by atoms with Gasteiger partial charge in [0.2, 0.25) is 11.8 Å². The first-order valence-electron chi connectivity index (χ1n) is 15.1. The first-order chi connectivity index (χ1) is 21.4. The fraction of sp³-hybridized carbons (Fsp3) is 0.424. The maximum absolute atomic E-state index is 13.0. The highest BCUT2D eigenvalue weighted by atomic mass is 35.5. The van der Waals surface area contributed by atoms with Crippen molar-refractivity contribution < 1.29 is 28.4 Å². The molecular formula is C33H38BCl2N3O6. The molecule has 0 spiro atoms. The van der Waals surface area contributed by atoms with Crippen LogP contribution in [0.25, 0.3) is 22.4 Å². The van der Waals surface area contributed by atoms with E-state index in [1.54, 1.807) is 18.7 Å². The number of ether oxygens (including phenoxy) is 2. The predicted molar refractivity (Wildman–Crippen MR) is 176 cm³/mol. The smallest absolute Gasteiger partial charge is 0.481 e. The molecule has 3 aromatic rings. The van der Waals surface area contributed by atoms with Crippen molar-refractivity contribution in [3.8, 4) is 28.3 Å². The molecule has 2 aromatic carbocycles. The van der Waals surface area contributed by atoms with E-state index >= 15 is 0 Å². The summed E-state index contributed by atoms with van der Waals surface area (Å²) in [7, 11) is 0.938. The van der Waals surface area contributed by atoms with E-state index in [9.17, 15) is 9.59 Å². The molecule has 0 saturated carbocycles. The summed E-state index contributed by atoms with van der Waals surface area (Å²) in [5.41, 5.74) is 3.72. The maximum atomic E-state index is 13.0. The van der Waals surface area contributed by atoms with Crippen molar-refractivity contribution in [1.82, 2.24) is 15.2 Å². The van der Waals surface area contributed by atoms with Gasteiger partial charge < -0.3 is 29.0 Å². The Kier molecular flexibility index (Phi) is 9.99. The predicted octanol–water partition coefficient (Wildman–Crippen LogP) is 6.27. The third-order valence-corrected chi connectivity index (χ3v) is 9.01. The minimum Gasteiger partial charge on any atom is -0.481 e. The Morgan fingerprint density at radius 3 is 2.42 bits per heavy atom. The van der Waals surface area contributed by atoms with Crippen LogP contribution in [0.2, 0.25) is 10.0 Å². The number of pyridine rings is 1. The molecule has 5 rings (SSSR count). The zero-order chi connectivity index (χ0) is 32.5. The van der Waals surface area contributed by atoms with Crippen molar-refractivity contribution in [3.63, 3.8) is 0 Å². The van der Waals surface area contributed by atoms with Gasteiger partial charge in [-0.25, -0.2) is 9.78 Å². The van der Waals surface area contributed by atoms with Gasteiger partial charge in [-0.1, -0.05) is 59.6 Å². The standard InChI is InChI=1S/C33H38BCl2N3O6/c1-19(2)43-32(41)39(18-22-14-16-28(40)37-22)17-21-13-15-27(38-31(21)42-6)25-11-7-9-23(29(25)35)24-10-8-12-26(30(24)36)34-44-20(3)33(4,5)45-34/h7-13,15,19-20,22H,14,16-18H2,1-6H3,(H,37,40)/t20?,22-/m0/s1. The third-order valence-electron chi connectivity index (χ3n) is 8.18. The quantitative estimate of drug-likeness (QED) is 0.272. The number of rotatable bonds is 9. The van der Waals surface area contributed by atoms with Crippen LogP contribution in [-0.2, 0) is 25.4 Å². The second-order valence-corrected chi connectivity index (χ2v) is 12.9. The molecule has 1 unspecified atom stereocenters. The van der Waals surface area contributed by atoms with Crippen molar-refractivity contribution in [2.45, 2.75) is 77.9 Å². The number of methoxy groups -OCH3 is 1. The normalized spacial score (nSPS) is 19.1. The molecule has 45 heavy (non-hydrogen) atoms. The summed E-state index contributed by atoms with van der Waals surface area (Å²) in [5.74, 6) is 0.325. The Balaban J connectivity index is 1.43. The van der Waals surface area contributed by atoms with Crippen molar-refractivity contribution in [2.75, 3.05) is 13.7 Å². The van der Waals surface area contributed by atoms with Gasteiger partial charge in [0.1, 0.15) is 0 Å². The fourth-order valence-corrected chi connectivity index (χ4v) is 6.09. The van der Waals surface area contributed by atoms with Crippen LogP contribution in [0, 0.1) is 0 Å². The number of hydrogen-bond donors (Lipinski definition) is 1. The molecule has 2 saturated heterocycles. The minimum absolute atomic E-state index is 0.0216. The van der Waals surface area contributed by atoms with Gasteiger partial charge in [0.25, 0.3) is 0 Å². The Morgan fingerprint density at radius 1 is 1.11 bits per heavy atom. The van der Waals surface area contributed by atoms with E-state index < -0.39 is 18.8 Å². The SMILES string of the molecule is COc1nc(-c2cccc(-c3cccc(B4OC(C)C(C)(C)O4)c3Cl)c2Cl)ccc1CN(C[C@@H]1CCC(=O)N1)C(=O)OC(C)C. The lowest BCUT2D eigenvalue weighted by molar-refractivity contribution is -0.119. The lowest BCUT2D eigenvalue weighted by Gasteiger charge is -2.26. The van der Waals surface area contributed by atoms with Gasteiger partial charge in [-0.3, -0.25) is 4.79 Å². The van der Waals surface area contributed by atoms with Gasteiger partial charge in [0.15, 0.2) is 0 Å². The number of nitrogens with one attached hydrogen (secondary N) is 1. The molecule has 2 fully saturated rings. The van der Waals surface area contributed by atoms with Gasteiger partial charge in [-0.05, 0) is 53.2 Å². The minimum atomic E-state index is -0.592. The highest BCUT2D eigenvalue weighted by Gasteiger charge is 2.45. The van der Waals surface area contributed by atoms with E-state index in [0.29, 0.717) is 52.1 Å². The highest BCUT2D eigenvalue weighted by Crippen LogP contribution is 2.39. The summed E-state index contributed by atoms with van der Waals surface area (Å²) in [6, 6.07) is 15.0. The topological polar surface area (TPSA) is 99.2 Å². The fourth-order valence-electron chi connectivity index (χ4n) is 5.45. The van der Waals surface area contributed by atoms with E-state index in [1.807, 2.05) is 69.3 Å². The van der Waals surface area contributed by atoms with E-state index in [2.05, 4.69) is 5.32 Å². The van der Waals surface area contributed by atoms with E-state index in [-0.39, 0.29) is 30.7 Å². The molecule has 0 radical (unpaired) electrons. The van der Waals surface area contributed by atoms with Crippen molar-refractivity contribution >= 4 is 47.8 Å². The zero-order valence-electron chi connectivity index (χ0n) is 26.4. The Morgan fingerprint density at radius 2 is 1.80 bits per heavy atom. The van der Waals surface area contributed by atoms with Gasteiger partial charge in [0, 0.05) is 51.7 Å². The average molecular weight is 654 g/mol. The summed E-state index contributed by atoms with van der Waals surface area (Å²) < 4.78 is 23.4. The van der Waals surface area contributed by atoms with E-state index in [1.165, 1.54) is 7.11 Å². The van der Waals surface area contributed by atoms with Gasteiger partial charge in [-0.15, -0.1) is 0 Å². The second-order valence-electron chi connectivity index (χ2n) is 12.2. The van der Waals surface area contributed by atoms with Gasteiger partial charge >= 0.3 is 13.2 Å². The molecule has 3 heterocycles. The monoisotopic (exact) mass is 653 g/mol. The van der Waals surface area contributed by atoms with Crippen LogP contribution in [0.1, 0.15) is 53.0 Å². The molecule has 1 N–H and O–H groups in total. The third kappa shape index (κ3) is 7.25. The molecule has 2 aliphatic heterocycles. The van der Waals surface area contributed by atoms with Crippen LogP contribution < -0.4 is 15.5 Å². The highest BCUT2D eigenvalue weighted by molar-refractivity contribution is 6.66. The summed E-state index contributed by atoms with van der Waals surface area (Å²) >= 11 is 14.0. The summed E-state index contributed by atoms with van der Waals surface area (Å²) in [5, 5.41) is 3.89. The molecule has 238 valence electrons. The lowest BCUT2D eigenvalue weighted by Crippen LogP contribution is -2.42. The molecule has 0 aliphatic carbocycles.